The van der Waals surface area contributed by atoms with Gasteiger partial charge in [0.15, 0.2) is 5.82 Å². The van der Waals surface area contributed by atoms with Crippen molar-refractivity contribution in [2.45, 2.75) is 6.61 Å². The van der Waals surface area contributed by atoms with E-state index in [2.05, 4.69) is 15.3 Å². The largest absolute Gasteiger partial charge is 0.392 e. The number of nitrogens with zero attached hydrogens (tertiary/aromatic N) is 1. The zero-order valence-corrected chi connectivity index (χ0v) is 12.4. The highest BCUT2D eigenvalue weighted by Gasteiger charge is 2.08. The lowest BCUT2D eigenvalue weighted by Crippen LogP contribution is -2.20. The Kier molecular flexibility index (Phi) is 3.95. The number of hydrogen-bond acceptors (Lipinski definition) is 4. The van der Waals surface area contributed by atoms with Gasteiger partial charge in [-0.15, -0.1) is 0 Å². The molecule has 0 saturated heterocycles. The van der Waals surface area contributed by atoms with Gasteiger partial charge >= 0.3 is 0 Å². The summed E-state index contributed by atoms with van der Waals surface area (Å²) in [6.45, 7) is -0.0483. The van der Waals surface area contributed by atoms with E-state index in [0.717, 1.165) is 11.3 Å². The molecule has 0 atom stereocenters. The summed E-state index contributed by atoms with van der Waals surface area (Å²) in [6, 6.07) is 14.3. The van der Waals surface area contributed by atoms with Crippen molar-refractivity contribution in [3.63, 3.8) is 0 Å². The lowest BCUT2D eigenvalue weighted by molar-refractivity contribution is 0.282. The number of aromatic nitrogens is 2. The van der Waals surface area contributed by atoms with Crippen LogP contribution in [0.2, 0.25) is 0 Å². The Labute approximate surface area is 131 Å². The van der Waals surface area contributed by atoms with E-state index in [9.17, 15) is 4.79 Å². The third-order valence-electron chi connectivity index (χ3n) is 3.20. The molecule has 5 nitrogen and oxygen atoms in total. The summed E-state index contributed by atoms with van der Waals surface area (Å²) in [5.41, 5.74) is 1.86. The molecule has 0 amide bonds. The van der Waals surface area contributed by atoms with Crippen LogP contribution in [0.3, 0.4) is 0 Å². The van der Waals surface area contributed by atoms with Gasteiger partial charge in [-0.1, -0.05) is 36.5 Å². The maximum Gasteiger partial charge on any atom is 0.259 e. The molecule has 0 spiro atoms. The predicted molar refractivity (Wildman–Crippen MR) is 90.1 cm³/mol. The van der Waals surface area contributed by atoms with E-state index >= 15 is 0 Å². The van der Waals surface area contributed by atoms with Crippen LogP contribution in [0.5, 0.6) is 0 Å². The van der Waals surface area contributed by atoms with E-state index in [0.29, 0.717) is 21.7 Å². The van der Waals surface area contributed by atoms with Crippen molar-refractivity contribution in [3.05, 3.63) is 70.3 Å². The van der Waals surface area contributed by atoms with Gasteiger partial charge in [0, 0.05) is 5.69 Å². The Hall–Kier alpha value is -2.57. The number of rotatable bonds is 3. The predicted octanol–water partition coefficient (Wildman–Crippen LogP) is 2.20. The van der Waals surface area contributed by atoms with Crippen LogP contribution in [0, 0.1) is 0 Å². The van der Waals surface area contributed by atoms with Gasteiger partial charge < -0.3 is 15.4 Å². The molecule has 0 bridgehead atoms. The van der Waals surface area contributed by atoms with Crippen LogP contribution in [0.15, 0.2) is 53.3 Å². The lowest BCUT2D eigenvalue weighted by atomic mass is 10.2. The van der Waals surface area contributed by atoms with Crippen molar-refractivity contribution >= 4 is 33.8 Å². The van der Waals surface area contributed by atoms with Crippen LogP contribution in [0.4, 0.5) is 5.69 Å². The van der Waals surface area contributed by atoms with Gasteiger partial charge in [-0.05, 0) is 29.8 Å². The second-order valence-electron chi connectivity index (χ2n) is 4.74. The normalized spacial score (nSPS) is 10.6. The Morgan fingerprint density at radius 3 is 2.86 bits per heavy atom. The number of anilines is 1. The minimum Gasteiger partial charge on any atom is -0.392 e. The zero-order valence-electron chi connectivity index (χ0n) is 11.5. The molecule has 1 heterocycles. The van der Waals surface area contributed by atoms with Crippen molar-refractivity contribution in [3.8, 4) is 0 Å². The van der Waals surface area contributed by atoms with E-state index in [1.165, 1.54) is 0 Å². The molecule has 3 N–H and O–H groups in total. The number of H-pyrrole nitrogens is 1. The van der Waals surface area contributed by atoms with Crippen LogP contribution < -0.4 is 10.9 Å². The number of benzene rings is 2. The first-order valence-corrected chi connectivity index (χ1v) is 7.08. The molecule has 1 aromatic heterocycles. The highest BCUT2D eigenvalue weighted by Crippen LogP contribution is 2.12. The molecule has 0 fully saturated rings. The third kappa shape index (κ3) is 2.88. The molecule has 22 heavy (non-hydrogen) atoms. The average molecular weight is 311 g/mol. The molecule has 3 aromatic rings. The van der Waals surface area contributed by atoms with Crippen LogP contribution in [0.25, 0.3) is 10.9 Å². The average Bonchev–Trinajstić information content (AvgIpc) is 2.55. The lowest BCUT2D eigenvalue weighted by Gasteiger charge is -2.09. The van der Waals surface area contributed by atoms with E-state index in [4.69, 9.17) is 17.3 Å². The maximum absolute atomic E-state index is 12.0. The number of fused-ring (bicyclic) bond motifs is 1. The first-order chi connectivity index (χ1) is 10.7. The number of aliphatic hydroxyl groups is 1. The molecule has 0 radical (unpaired) electrons. The standard InChI is InChI=1S/C16H13N3O2S/c20-9-10-4-3-5-11(8-10)17-16(22)14-18-13-7-2-1-6-12(13)15(21)19-14/h1-8,20H,9H2,(H,17,22)(H,18,19,21). The number of aliphatic hydroxyl groups excluding tert-OH is 1. The van der Waals surface area contributed by atoms with Crippen LogP contribution >= 0.6 is 12.2 Å². The Bertz CT molecular complexity index is 905. The Balaban J connectivity index is 1.93. The molecule has 110 valence electrons. The molecule has 0 aliphatic carbocycles. The van der Waals surface area contributed by atoms with Crippen molar-refractivity contribution in [1.29, 1.82) is 0 Å². The van der Waals surface area contributed by atoms with Gasteiger partial charge in [0.1, 0.15) is 4.99 Å². The summed E-state index contributed by atoms with van der Waals surface area (Å²) in [6.07, 6.45) is 0. The highest BCUT2D eigenvalue weighted by molar-refractivity contribution is 7.81. The van der Waals surface area contributed by atoms with Crippen molar-refractivity contribution < 1.29 is 5.11 Å². The molecule has 2 aromatic carbocycles. The fourth-order valence-corrected chi connectivity index (χ4v) is 2.35. The van der Waals surface area contributed by atoms with Crippen molar-refractivity contribution in [1.82, 2.24) is 9.97 Å². The van der Waals surface area contributed by atoms with Gasteiger partial charge in [0.25, 0.3) is 5.56 Å². The second-order valence-corrected chi connectivity index (χ2v) is 5.15. The van der Waals surface area contributed by atoms with Gasteiger partial charge in [0.2, 0.25) is 0 Å². The zero-order chi connectivity index (χ0) is 15.5. The number of aromatic amines is 1. The minimum absolute atomic E-state index is 0.0483. The van der Waals surface area contributed by atoms with E-state index in [-0.39, 0.29) is 12.2 Å². The summed E-state index contributed by atoms with van der Waals surface area (Å²) >= 11 is 5.30. The molecular formula is C16H13N3O2S. The Morgan fingerprint density at radius 2 is 2.05 bits per heavy atom. The monoisotopic (exact) mass is 311 g/mol. The van der Waals surface area contributed by atoms with Crippen LogP contribution in [-0.2, 0) is 6.61 Å². The first-order valence-electron chi connectivity index (χ1n) is 6.67. The van der Waals surface area contributed by atoms with Gasteiger partial charge in [-0.25, -0.2) is 4.98 Å². The molecule has 0 saturated carbocycles. The van der Waals surface area contributed by atoms with E-state index < -0.39 is 0 Å². The molecule has 0 aliphatic heterocycles. The third-order valence-corrected chi connectivity index (χ3v) is 3.49. The fraction of sp³-hybridized carbons (Fsp3) is 0.0625. The van der Waals surface area contributed by atoms with Gasteiger partial charge in [-0.2, -0.15) is 0 Å². The number of hydrogen-bond donors (Lipinski definition) is 3. The van der Waals surface area contributed by atoms with Crippen LogP contribution in [-0.4, -0.2) is 20.1 Å². The summed E-state index contributed by atoms with van der Waals surface area (Å²) in [5.74, 6) is 0.313. The fourth-order valence-electron chi connectivity index (χ4n) is 2.13. The summed E-state index contributed by atoms with van der Waals surface area (Å²) in [4.78, 5) is 19.4. The number of thiocarbonyl (C=S) groups is 1. The smallest absolute Gasteiger partial charge is 0.259 e. The number of para-hydroxylation sites is 1. The summed E-state index contributed by atoms with van der Waals surface area (Å²) in [5, 5.41) is 12.7. The highest BCUT2D eigenvalue weighted by atomic mass is 32.1. The van der Waals surface area contributed by atoms with Crippen LogP contribution in [0.1, 0.15) is 11.4 Å². The first kappa shape index (κ1) is 14.4. The molecule has 0 aliphatic rings. The topological polar surface area (TPSA) is 78.0 Å². The summed E-state index contributed by atoms with van der Waals surface area (Å²) in [7, 11) is 0. The van der Waals surface area contributed by atoms with Crippen molar-refractivity contribution in [2.75, 3.05) is 5.32 Å². The quantitative estimate of drug-likeness (QED) is 0.646. The van der Waals surface area contributed by atoms with Gasteiger partial charge in [0.05, 0.1) is 17.5 Å². The summed E-state index contributed by atoms with van der Waals surface area (Å²) < 4.78 is 0. The van der Waals surface area contributed by atoms with E-state index in [1.54, 1.807) is 24.3 Å². The maximum atomic E-state index is 12.0. The molecule has 0 unspecified atom stereocenters. The second kappa shape index (κ2) is 6.05. The van der Waals surface area contributed by atoms with Gasteiger partial charge in [-0.3, -0.25) is 4.79 Å². The number of nitrogens with one attached hydrogen (secondary N) is 2. The molecule has 3 rings (SSSR count). The molecule has 6 heteroatoms. The van der Waals surface area contributed by atoms with Crippen molar-refractivity contribution in [2.24, 2.45) is 0 Å². The Morgan fingerprint density at radius 1 is 1.23 bits per heavy atom. The minimum atomic E-state index is -0.228. The molecular weight excluding hydrogens is 298 g/mol. The SMILES string of the molecule is O=c1[nH]c(C(=S)Nc2cccc(CO)c2)nc2ccccc12. The van der Waals surface area contributed by atoms with E-state index in [1.807, 2.05) is 24.3 Å².